The predicted octanol–water partition coefficient (Wildman–Crippen LogP) is 23.8. The van der Waals surface area contributed by atoms with Gasteiger partial charge in [0.1, 0.15) is 0 Å². The van der Waals surface area contributed by atoms with Gasteiger partial charge in [-0.2, -0.15) is 0 Å². The molecule has 0 spiro atoms. The van der Waals surface area contributed by atoms with Gasteiger partial charge in [-0.1, -0.05) is 234 Å². The fourth-order valence-corrected chi connectivity index (χ4v) is 16.9. The second-order valence-electron chi connectivity index (χ2n) is 27.1. The number of aromatic nitrogens is 6. The molecule has 16 aromatic carbocycles. The van der Waals surface area contributed by atoms with E-state index in [4.69, 9.17) is 0 Å². The van der Waals surface area contributed by atoms with Gasteiger partial charge >= 0.3 is 7.12 Å². The summed E-state index contributed by atoms with van der Waals surface area (Å²) in [7, 11) is -1.46. The summed E-state index contributed by atoms with van der Waals surface area (Å²) in [6.07, 6.45) is 0. The van der Waals surface area contributed by atoms with Crippen molar-refractivity contribution in [3.05, 3.63) is 381 Å². The smallest absolute Gasteiger partial charge is 0.423 e. The Kier molecular flexibility index (Phi) is 15.1. The maximum atomic E-state index is 9.43. The second kappa shape index (κ2) is 25.6. The molecule has 0 saturated carbocycles. The largest absolute Gasteiger partial charge is 0.488 e. The first-order chi connectivity index (χ1) is 52.4. The van der Waals surface area contributed by atoms with Crippen molar-refractivity contribution in [3.63, 3.8) is 0 Å². The molecule has 500 valence electrons. The highest BCUT2D eigenvalue weighted by Gasteiger charge is 2.22. The Labute approximate surface area is 618 Å². The topological polar surface area (TPSA) is 70.0 Å². The van der Waals surface area contributed by atoms with E-state index in [1.165, 1.54) is 132 Å². The minimum atomic E-state index is -1.46. The lowest BCUT2D eigenvalue weighted by Gasteiger charge is -2.11. The number of nitrogens with zero attached hydrogens (tertiary/aromatic N) is 6. The van der Waals surface area contributed by atoms with E-state index in [1.807, 2.05) is 42.5 Å². The number of fused-ring (bicyclic) bond motifs is 18. The molecular formula is C96H64BBrN6O2. The number of hydrogen-bond donors (Lipinski definition) is 2. The summed E-state index contributed by atoms with van der Waals surface area (Å²) < 4.78 is 15.2. The van der Waals surface area contributed by atoms with Crippen molar-refractivity contribution >= 4 is 159 Å². The Hall–Kier alpha value is -13.2. The van der Waals surface area contributed by atoms with Crippen molar-refractivity contribution in [2.24, 2.45) is 0 Å². The van der Waals surface area contributed by atoms with E-state index in [2.05, 4.69) is 371 Å². The minimum absolute atomic E-state index is 0.503. The van der Waals surface area contributed by atoms with Gasteiger partial charge in [-0.15, -0.1) is 0 Å². The standard InChI is InChI=1S/C48H31N3.C30H19BrN2.C18H14BNO2/c1-3-13-34(14-4-1)49-44-21-11-8-18-38(44)41-29-32(23-27-46(41)49)33-24-28-47-42(30-33)39-19-9-12-22-45(39)51(47)36-25-26-40-37-17-7-10-20-43(37)50(48(40)31-36)35-15-5-2-6-16-35;31-20-14-17-29-26(18-20)24-11-5-7-13-28(24)33(29)22-15-16-25-23-10-4-6-12-27(23)32(30(25)19-22)21-8-2-1-3-9-21;21-19(22)13-10-11-18-16(12-13)15-8-4-5-9-17(15)20(18)14-6-2-1-3-7-14/h1-31H;1-19H;1-12,21-22H. The Bertz CT molecular complexity index is 7190. The van der Waals surface area contributed by atoms with Crippen LogP contribution in [0.1, 0.15) is 0 Å². The summed E-state index contributed by atoms with van der Waals surface area (Å²) >= 11 is 3.66. The monoisotopic (exact) mass is 1420 g/mol. The van der Waals surface area contributed by atoms with E-state index in [0.717, 1.165) is 49.0 Å². The van der Waals surface area contributed by atoms with Crippen molar-refractivity contribution in [1.82, 2.24) is 27.4 Å². The van der Waals surface area contributed by atoms with Crippen molar-refractivity contribution < 1.29 is 10.0 Å². The molecule has 0 atom stereocenters. The molecule has 0 aliphatic heterocycles. The van der Waals surface area contributed by atoms with E-state index in [1.54, 1.807) is 6.07 Å². The lowest BCUT2D eigenvalue weighted by Crippen LogP contribution is -2.29. The summed E-state index contributed by atoms with van der Waals surface area (Å²) in [5.74, 6) is 0. The Balaban J connectivity index is 0.000000116. The SMILES string of the molecule is Brc1ccc2c(c1)c1ccccc1n2-c1ccc2c3ccccc3n(-c3ccccc3)c2c1.OB(O)c1ccc2c(c1)c1ccccc1n2-c1ccccc1.c1ccc(-n2c3ccccc3c3cc(-c4ccc5c(c4)c4ccccc4n5-c4ccc5c6ccccc6n(-c6ccccc6)c5c4)ccc32)cc1. The number of rotatable bonds is 8. The molecule has 0 aliphatic rings. The summed E-state index contributed by atoms with van der Waals surface area (Å²) in [4.78, 5) is 0. The molecule has 6 aromatic heterocycles. The van der Waals surface area contributed by atoms with E-state index in [9.17, 15) is 10.0 Å². The quantitative estimate of drug-likeness (QED) is 0.149. The molecule has 106 heavy (non-hydrogen) atoms. The third-order valence-corrected chi connectivity index (χ3v) is 21.7. The zero-order valence-corrected chi connectivity index (χ0v) is 58.9. The highest BCUT2D eigenvalue weighted by molar-refractivity contribution is 9.10. The van der Waals surface area contributed by atoms with Gasteiger partial charge in [0.05, 0.1) is 66.2 Å². The Morgan fingerprint density at radius 2 is 0.425 bits per heavy atom. The van der Waals surface area contributed by atoms with Crippen LogP contribution < -0.4 is 5.46 Å². The molecule has 22 rings (SSSR count). The summed E-state index contributed by atoms with van der Waals surface area (Å²) in [6.45, 7) is 0. The third kappa shape index (κ3) is 10.3. The van der Waals surface area contributed by atoms with Gasteiger partial charge < -0.3 is 37.5 Å². The van der Waals surface area contributed by atoms with E-state index in [-0.39, 0.29) is 0 Å². The molecule has 8 nitrogen and oxygen atoms in total. The molecule has 0 bridgehead atoms. The summed E-state index contributed by atoms with van der Waals surface area (Å²) in [5.41, 5.74) is 24.1. The lowest BCUT2D eigenvalue weighted by molar-refractivity contribution is 0.426. The van der Waals surface area contributed by atoms with Crippen LogP contribution in [0.5, 0.6) is 0 Å². The molecular weight excluding hydrogens is 1360 g/mol. The van der Waals surface area contributed by atoms with Crippen LogP contribution in [0.4, 0.5) is 0 Å². The predicted molar refractivity (Wildman–Crippen MR) is 448 cm³/mol. The first-order valence-electron chi connectivity index (χ1n) is 35.8. The van der Waals surface area contributed by atoms with E-state index in [0.29, 0.717) is 5.46 Å². The summed E-state index contributed by atoms with van der Waals surface area (Å²) in [6, 6.07) is 134. The van der Waals surface area contributed by atoms with Gasteiger partial charge in [0.25, 0.3) is 0 Å². The molecule has 0 aliphatic carbocycles. The van der Waals surface area contributed by atoms with Crippen LogP contribution in [0.25, 0.3) is 176 Å². The first-order valence-corrected chi connectivity index (χ1v) is 36.6. The average molecular weight is 1420 g/mol. The summed E-state index contributed by atoms with van der Waals surface area (Å²) in [5, 5.41) is 33.6. The molecule has 10 heteroatoms. The van der Waals surface area contributed by atoms with Gasteiger partial charge in [-0.05, 0) is 174 Å². The van der Waals surface area contributed by atoms with Crippen LogP contribution in [0.3, 0.4) is 0 Å². The van der Waals surface area contributed by atoms with Crippen molar-refractivity contribution in [2.75, 3.05) is 0 Å². The van der Waals surface area contributed by atoms with Crippen LogP contribution in [0.15, 0.2) is 381 Å². The zero-order valence-electron chi connectivity index (χ0n) is 57.3. The molecule has 0 amide bonds. The van der Waals surface area contributed by atoms with Crippen molar-refractivity contribution in [1.29, 1.82) is 0 Å². The zero-order chi connectivity index (χ0) is 70.5. The third-order valence-electron chi connectivity index (χ3n) is 21.2. The molecule has 0 radical (unpaired) electrons. The Morgan fingerprint density at radius 1 is 0.179 bits per heavy atom. The average Bonchev–Trinajstić information content (AvgIpc) is 1.54. The van der Waals surface area contributed by atoms with Gasteiger partial charge in [0.15, 0.2) is 0 Å². The van der Waals surface area contributed by atoms with Gasteiger partial charge in [0, 0.05) is 103 Å². The number of halogens is 1. The van der Waals surface area contributed by atoms with Crippen molar-refractivity contribution in [2.45, 2.75) is 0 Å². The molecule has 0 fully saturated rings. The highest BCUT2D eigenvalue weighted by Crippen LogP contribution is 2.43. The van der Waals surface area contributed by atoms with E-state index < -0.39 is 7.12 Å². The van der Waals surface area contributed by atoms with Crippen LogP contribution in [-0.2, 0) is 0 Å². The van der Waals surface area contributed by atoms with Gasteiger partial charge in [-0.3, -0.25) is 0 Å². The van der Waals surface area contributed by atoms with Crippen LogP contribution >= 0.6 is 15.9 Å². The molecule has 2 N–H and O–H groups in total. The van der Waals surface area contributed by atoms with Gasteiger partial charge in [0.2, 0.25) is 0 Å². The normalized spacial score (nSPS) is 11.7. The van der Waals surface area contributed by atoms with E-state index >= 15 is 0 Å². The Morgan fingerprint density at radius 3 is 0.764 bits per heavy atom. The number of para-hydroxylation sites is 10. The second-order valence-corrected chi connectivity index (χ2v) is 28.1. The van der Waals surface area contributed by atoms with Crippen LogP contribution in [0.2, 0.25) is 0 Å². The fraction of sp³-hybridized carbons (Fsp3) is 0. The highest BCUT2D eigenvalue weighted by atomic mass is 79.9. The minimum Gasteiger partial charge on any atom is -0.423 e. The number of benzene rings is 16. The van der Waals surface area contributed by atoms with Crippen LogP contribution in [-0.4, -0.2) is 44.6 Å². The molecule has 0 saturated heterocycles. The van der Waals surface area contributed by atoms with Crippen molar-refractivity contribution in [3.8, 4) is 45.3 Å². The maximum absolute atomic E-state index is 9.43. The molecule has 0 unspecified atom stereocenters. The molecule has 6 heterocycles. The molecule has 22 aromatic rings. The first kappa shape index (κ1) is 62.6. The number of hydrogen-bond acceptors (Lipinski definition) is 2. The fourth-order valence-electron chi connectivity index (χ4n) is 16.6. The lowest BCUT2D eigenvalue weighted by atomic mass is 9.80. The van der Waals surface area contributed by atoms with Gasteiger partial charge in [-0.25, -0.2) is 0 Å². The van der Waals surface area contributed by atoms with Crippen LogP contribution in [0, 0.1) is 0 Å². The maximum Gasteiger partial charge on any atom is 0.488 e.